The smallest absolute Gasteiger partial charge is 0.244 e. The van der Waals surface area contributed by atoms with E-state index in [2.05, 4.69) is 21.2 Å². The Morgan fingerprint density at radius 3 is 2.18 bits per heavy atom. The van der Waals surface area contributed by atoms with E-state index in [1.807, 2.05) is 58.0 Å². The molecule has 2 rings (SSSR count). The summed E-state index contributed by atoms with van der Waals surface area (Å²) in [6.45, 7) is 8.82. The van der Waals surface area contributed by atoms with E-state index in [9.17, 15) is 18.0 Å². The Kier molecular flexibility index (Phi) is 9.08. The van der Waals surface area contributed by atoms with Gasteiger partial charge in [-0.25, -0.2) is 8.42 Å². The summed E-state index contributed by atoms with van der Waals surface area (Å²) in [5, 5.41) is 2.83. The molecular weight excluding hydrogens is 506 g/mol. The van der Waals surface area contributed by atoms with E-state index in [0.717, 1.165) is 31.7 Å². The van der Waals surface area contributed by atoms with Gasteiger partial charge >= 0.3 is 0 Å². The molecule has 0 unspecified atom stereocenters. The Morgan fingerprint density at radius 1 is 1.03 bits per heavy atom. The molecule has 0 heterocycles. The summed E-state index contributed by atoms with van der Waals surface area (Å²) in [6.07, 6.45) is 1.08. The Hall–Kier alpha value is -2.39. The van der Waals surface area contributed by atoms with Gasteiger partial charge in [-0.1, -0.05) is 40.2 Å². The number of rotatable bonds is 9. The van der Waals surface area contributed by atoms with E-state index in [0.29, 0.717) is 5.69 Å². The van der Waals surface area contributed by atoms with Gasteiger partial charge in [-0.2, -0.15) is 0 Å². The lowest BCUT2D eigenvalue weighted by Gasteiger charge is -2.32. The highest BCUT2D eigenvalue weighted by Gasteiger charge is 2.30. The fourth-order valence-corrected chi connectivity index (χ4v) is 4.54. The summed E-state index contributed by atoms with van der Waals surface area (Å²) in [5.74, 6) is -0.760. The largest absolute Gasteiger partial charge is 0.352 e. The number of amides is 2. The van der Waals surface area contributed by atoms with Crippen molar-refractivity contribution in [3.8, 4) is 0 Å². The molecule has 1 N–H and O–H groups in total. The Morgan fingerprint density at radius 2 is 1.64 bits per heavy atom. The number of halogens is 1. The molecule has 180 valence electrons. The summed E-state index contributed by atoms with van der Waals surface area (Å²) in [4.78, 5) is 27.7. The second-order valence-electron chi connectivity index (χ2n) is 8.48. The fraction of sp³-hybridized carbons (Fsp3) is 0.417. The predicted molar refractivity (Wildman–Crippen MR) is 136 cm³/mol. The molecule has 1 atom stereocenters. The van der Waals surface area contributed by atoms with Crippen molar-refractivity contribution in [3.63, 3.8) is 0 Å². The first kappa shape index (κ1) is 26.9. The van der Waals surface area contributed by atoms with Gasteiger partial charge in [0.2, 0.25) is 21.8 Å². The second-order valence-corrected chi connectivity index (χ2v) is 11.3. The average molecular weight is 539 g/mol. The SMILES string of the molecule is Cc1cccc(N(CC(=O)N(Cc2ccc(Br)cc2)[C@H](C)C(=O)NC(C)C)S(C)(=O)=O)c1C. The maximum absolute atomic E-state index is 13.5. The number of carbonyl (C=O) groups excluding carboxylic acids is 2. The highest BCUT2D eigenvalue weighted by Crippen LogP contribution is 2.25. The number of carbonyl (C=O) groups is 2. The summed E-state index contributed by atoms with van der Waals surface area (Å²) in [7, 11) is -3.75. The van der Waals surface area contributed by atoms with Crippen LogP contribution in [-0.2, 0) is 26.2 Å². The summed E-state index contributed by atoms with van der Waals surface area (Å²) < 4.78 is 27.3. The van der Waals surface area contributed by atoms with Crippen LogP contribution in [-0.4, -0.2) is 50.0 Å². The minimum absolute atomic E-state index is 0.0907. The quantitative estimate of drug-likeness (QED) is 0.527. The topological polar surface area (TPSA) is 86.8 Å². The van der Waals surface area contributed by atoms with Gasteiger partial charge in [0.15, 0.2) is 0 Å². The standard InChI is InChI=1S/C24H32BrN3O4S/c1-16(2)26-24(30)19(5)27(14-20-10-12-21(25)13-11-20)23(29)15-28(33(6,31)32)22-9-7-8-17(3)18(22)4/h7-13,16,19H,14-15H2,1-6H3,(H,26,30)/t19-/m1/s1. The lowest BCUT2D eigenvalue weighted by atomic mass is 10.1. The van der Waals surface area contributed by atoms with Gasteiger partial charge in [0.05, 0.1) is 11.9 Å². The molecule has 0 aliphatic carbocycles. The molecule has 2 aromatic carbocycles. The van der Waals surface area contributed by atoms with E-state index >= 15 is 0 Å². The normalized spacial score (nSPS) is 12.4. The van der Waals surface area contributed by atoms with Crippen molar-refractivity contribution in [1.29, 1.82) is 0 Å². The van der Waals surface area contributed by atoms with E-state index in [-0.39, 0.29) is 18.5 Å². The molecule has 0 spiro atoms. The van der Waals surface area contributed by atoms with Crippen molar-refractivity contribution < 1.29 is 18.0 Å². The Balaban J connectivity index is 2.43. The van der Waals surface area contributed by atoms with Crippen molar-refractivity contribution in [2.24, 2.45) is 0 Å². The van der Waals surface area contributed by atoms with Gasteiger partial charge in [0, 0.05) is 17.1 Å². The van der Waals surface area contributed by atoms with Crippen LogP contribution in [0.25, 0.3) is 0 Å². The van der Waals surface area contributed by atoms with Crippen LogP contribution in [0.15, 0.2) is 46.9 Å². The van der Waals surface area contributed by atoms with Crippen molar-refractivity contribution in [2.75, 3.05) is 17.1 Å². The molecule has 2 aromatic rings. The number of hydrogen-bond acceptors (Lipinski definition) is 4. The zero-order valence-electron chi connectivity index (χ0n) is 19.9. The van der Waals surface area contributed by atoms with Gasteiger partial charge in [-0.3, -0.25) is 13.9 Å². The third-order valence-electron chi connectivity index (χ3n) is 5.39. The highest BCUT2D eigenvalue weighted by atomic mass is 79.9. The fourth-order valence-electron chi connectivity index (χ4n) is 3.37. The van der Waals surface area contributed by atoms with E-state index < -0.39 is 28.5 Å². The van der Waals surface area contributed by atoms with Crippen LogP contribution < -0.4 is 9.62 Å². The first-order chi connectivity index (χ1) is 15.3. The molecule has 2 amide bonds. The zero-order valence-corrected chi connectivity index (χ0v) is 22.3. The third-order valence-corrected chi connectivity index (χ3v) is 7.04. The van der Waals surface area contributed by atoms with Crippen LogP contribution in [0.3, 0.4) is 0 Å². The van der Waals surface area contributed by atoms with Crippen molar-refractivity contribution in [2.45, 2.75) is 53.2 Å². The molecular formula is C24H32BrN3O4S. The Labute approximate surface area is 205 Å². The van der Waals surface area contributed by atoms with Gasteiger partial charge in [-0.15, -0.1) is 0 Å². The van der Waals surface area contributed by atoms with Crippen molar-refractivity contribution in [1.82, 2.24) is 10.2 Å². The lowest BCUT2D eigenvalue weighted by molar-refractivity contribution is -0.139. The van der Waals surface area contributed by atoms with Gasteiger partial charge in [0.25, 0.3) is 0 Å². The number of anilines is 1. The number of benzene rings is 2. The van der Waals surface area contributed by atoms with Crippen LogP contribution in [0.1, 0.15) is 37.5 Å². The highest BCUT2D eigenvalue weighted by molar-refractivity contribution is 9.10. The van der Waals surface area contributed by atoms with Crippen LogP contribution in [0, 0.1) is 13.8 Å². The van der Waals surface area contributed by atoms with E-state index in [4.69, 9.17) is 0 Å². The average Bonchev–Trinajstić information content (AvgIpc) is 2.72. The molecule has 0 radical (unpaired) electrons. The number of aryl methyl sites for hydroxylation is 1. The zero-order chi connectivity index (χ0) is 24.9. The third kappa shape index (κ3) is 7.30. The molecule has 0 aromatic heterocycles. The number of sulfonamides is 1. The Bertz CT molecular complexity index is 1100. The lowest BCUT2D eigenvalue weighted by Crippen LogP contribution is -2.52. The molecule has 0 aliphatic rings. The van der Waals surface area contributed by atoms with Crippen molar-refractivity contribution in [3.05, 3.63) is 63.6 Å². The van der Waals surface area contributed by atoms with Crippen LogP contribution in [0.2, 0.25) is 0 Å². The molecule has 0 saturated carbocycles. The minimum Gasteiger partial charge on any atom is -0.352 e. The van der Waals surface area contributed by atoms with Crippen LogP contribution in [0.5, 0.6) is 0 Å². The van der Waals surface area contributed by atoms with E-state index in [1.165, 1.54) is 4.90 Å². The summed E-state index contributed by atoms with van der Waals surface area (Å²) in [6, 6.07) is 11.9. The van der Waals surface area contributed by atoms with Gasteiger partial charge in [0.1, 0.15) is 12.6 Å². The second kappa shape index (κ2) is 11.2. The monoisotopic (exact) mass is 537 g/mol. The summed E-state index contributed by atoms with van der Waals surface area (Å²) >= 11 is 3.39. The first-order valence-corrected chi connectivity index (χ1v) is 13.3. The number of hydrogen-bond donors (Lipinski definition) is 1. The van der Waals surface area contributed by atoms with Crippen LogP contribution >= 0.6 is 15.9 Å². The molecule has 7 nitrogen and oxygen atoms in total. The molecule has 33 heavy (non-hydrogen) atoms. The number of nitrogens with one attached hydrogen (secondary N) is 1. The minimum atomic E-state index is -3.75. The van der Waals surface area contributed by atoms with Crippen LogP contribution in [0.4, 0.5) is 5.69 Å². The predicted octanol–water partition coefficient (Wildman–Crippen LogP) is 3.77. The maximum atomic E-state index is 13.5. The van der Waals surface area contributed by atoms with Gasteiger partial charge in [-0.05, 0) is 69.5 Å². The molecule has 0 bridgehead atoms. The molecule has 9 heteroatoms. The number of nitrogens with zero attached hydrogens (tertiary/aromatic N) is 2. The summed E-state index contributed by atoms with van der Waals surface area (Å²) in [5.41, 5.74) is 2.98. The maximum Gasteiger partial charge on any atom is 0.244 e. The molecule has 0 fully saturated rings. The molecule has 0 saturated heterocycles. The molecule has 0 aliphatic heterocycles. The first-order valence-electron chi connectivity index (χ1n) is 10.7. The van der Waals surface area contributed by atoms with Crippen molar-refractivity contribution >= 4 is 43.5 Å². The van der Waals surface area contributed by atoms with E-state index in [1.54, 1.807) is 19.1 Å². The van der Waals surface area contributed by atoms with Gasteiger partial charge < -0.3 is 10.2 Å².